The van der Waals surface area contributed by atoms with Gasteiger partial charge in [-0.25, -0.2) is 4.79 Å². The molecule has 248 valence electrons. The highest BCUT2D eigenvalue weighted by molar-refractivity contribution is 5.84. The Kier molecular flexibility index (Phi) is 17.2. The first kappa shape index (κ1) is 36.1. The number of benzene rings is 2. The zero-order chi connectivity index (χ0) is 32.0. The summed E-state index contributed by atoms with van der Waals surface area (Å²) in [5.41, 5.74) is 4.86. The van der Waals surface area contributed by atoms with E-state index in [-0.39, 0.29) is 32.1 Å². The first-order valence-electron chi connectivity index (χ1n) is 15.7. The van der Waals surface area contributed by atoms with Gasteiger partial charge in [-0.15, -0.1) is 0 Å². The molecule has 0 aliphatic heterocycles. The molecule has 1 aliphatic carbocycles. The number of methoxy groups -OCH3 is 1. The molecule has 1 fully saturated rings. The van der Waals surface area contributed by atoms with E-state index in [1.54, 1.807) is 7.11 Å². The van der Waals surface area contributed by atoms with E-state index in [2.05, 4.69) is 35.1 Å². The predicted octanol–water partition coefficient (Wildman–Crippen LogP) is 2.98. The SMILES string of the molecule is COCCOCCOCCOCCOCC(=O)NCC1(C(=O)ONC(=O)Cc2ccc(CCCCc3ccccc3)cc2)CC1. The van der Waals surface area contributed by atoms with Crippen molar-refractivity contribution in [2.24, 2.45) is 5.41 Å². The van der Waals surface area contributed by atoms with E-state index in [4.69, 9.17) is 28.5 Å². The second-order valence-electron chi connectivity index (χ2n) is 11.0. The van der Waals surface area contributed by atoms with Gasteiger partial charge in [0.25, 0.3) is 5.91 Å². The molecule has 0 radical (unpaired) electrons. The molecule has 1 aliphatic rings. The Morgan fingerprint density at radius 1 is 0.667 bits per heavy atom. The Labute approximate surface area is 266 Å². The molecular weight excluding hydrogens is 580 g/mol. The van der Waals surface area contributed by atoms with Gasteiger partial charge in [-0.1, -0.05) is 54.6 Å². The Morgan fingerprint density at radius 2 is 1.20 bits per heavy atom. The van der Waals surface area contributed by atoms with Crippen LogP contribution in [0.1, 0.15) is 42.4 Å². The summed E-state index contributed by atoms with van der Waals surface area (Å²) in [5, 5.41) is 2.71. The molecule has 11 heteroatoms. The first-order valence-corrected chi connectivity index (χ1v) is 15.7. The zero-order valence-corrected chi connectivity index (χ0v) is 26.4. The summed E-state index contributed by atoms with van der Waals surface area (Å²) < 4.78 is 26.3. The van der Waals surface area contributed by atoms with Crippen molar-refractivity contribution in [1.29, 1.82) is 0 Å². The number of hydroxylamine groups is 1. The molecule has 2 aromatic carbocycles. The van der Waals surface area contributed by atoms with Gasteiger partial charge in [-0.2, -0.15) is 5.48 Å². The van der Waals surface area contributed by atoms with Gasteiger partial charge in [0, 0.05) is 13.7 Å². The van der Waals surface area contributed by atoms with Gasteiger partial charge in [0.2, 0.25) is 5.91 Å². The highest BCUT2D eigenvalue weighted by Crippen LogP contribution is 2.46. The fourth-order valence-electron chi connectivity index (χ4n) is 4.45. The van der Waals surface area contributed by atoms with Crippen LogP contribution in [-0.2, 0) is 62.2 Å². The summed E-state index contributed by atoms with van der Waals surface area (Å²) in [6.07, 6.45) is 5.53. The molecule has 2 N–H and O–H groups in total. The van der Waals surface area contributed by atoms with E-state index in [1.807, 2.05) is 30.3 Å². The van der Waals surface area contributed by atoms with Crippen LogP contribution in [0.5, 0.6) is 0 Å². The van der Waals surface area contributed by atoms with Crippen LogP contribution in [0.15, 0.2) is 54.6 Å². The van der Waals surface area contributed by atoms with Crippen molar-refractivity contribution in [3.63, 3.8) is 0 Å². The van der Waals surface area contributed by atoms with E-state index in [1.165, 1.54) is 11.1 Å². The molecule has 0 bridgehead atoms. The quantitative estimate of drug-likeness (QED) is 0.133. The van der Waals surface area contributed by atoms with E-state index >= 15 is 0 Å². The number of rotatable bonds is 24. The number of nitrogens with one attached hydrogen (secondary N) is 2. The van der Waals surface area contributed by atoms with E-state index in [0.29, 0.717) is 59.1 Å². The monoisotopic (exact) mass is 628 g/mol. The third-order valence-electron chi connectivity index (χ3n) is 7.36. The lowest BCUT2D eigenvalue weighted by molar-refractivity contribution is -0.163. The van der Waals surface area contributed by atoms with Crippen LogP contribution >= 0.6 is 0 Å². The Bertz CT molecular complexity index is 1120. The van der Waals surface area contributed by atoms with E-state index in [0.717, 1.165) is 31.2 Å². The number of hydrogen-bond donors (Lipinski definition) is 2. The number of carbonyl (C=O) groups is 3. The predicted molar refractivity (Wildman–Crippen MR) is 167 cm³/mol. The summed E-state index contributed by atoms with van der Waals surface area (Å²) in [6.45, 7) is 3.50. The van der Waals surface area contributed by atoms with E-state index in [9.17, 15) is 14.4 Å². The molecular formula is C34H48N2O9. The molecule has 1 saturated carbocycles. The lowest BCUT2D eigenvalue weighted by atomic mass is 10.0. The van der Waals surface area contributed by atoms with Crippen molar-refractivity contribution >= 4 is 17.8 Å². The zero-order valence-electron chi connectivity index (χ0n) is 26.4. The van der Waals surface area contributed by atoms with Crippen molar-refractivity contribution < 1.29 is 42.9 Å². The third-order valence-corrected chi connectivity index (χ3v) is 7.36. The van der Waals surface area contributed by atoms with Crippen LogP contribution < -0.4 is 10.8 Å². The maximum Gasteiger partial charge on any atom is 0.340 e. The number of unbranched alkanes of at least 4 members (excludes halogenated alkanes) is 1. The molecule has 0 heterocycles. The fourth-order valence-corrected chi connectivity index (χ4v) is 4.45. The summed E-state index contributed by atoms with van der Waals surface area (Å²) in [7, 11) is 1.62. The van der Waals surface area contributed by atoms with Crippen molar-refractivity contribution in [2.45, 2.75) is 44.9 Å². The van der Waals surface area contributed by atoms with Gasteiger partial charge < -0.3 is 33.8 Å². The summed E-state index contributed by atoms with van der Waals surface area (Å²) in [5.74, 6) is -1.30. The van der Waals surface area contributed by atoms with Crippen LogP contribution in [0.2, 0.25) is 0 Å². The second kappa shape index (κ2) is 21.4. The molecule has 11 nitrogen and oxygen atoms in total. The Morgan fingerprint density at radius 3 is 1.78 bits per heavy atom. The molecule has 2 amide bonds. The standard InChI is InChI=1S/C34H48N2O9/c1-40-17-18-41-19-20-42-21-22-43-23-24-44-26-32(38)35-27-34(15-16-34)33(39)45-36-31(37)25-30-13-11-29(12-14-30)10-6-5-9-28-7-3-2-4-8-28/h2-4,7-8,11-14H,5-6,9-10,15-27H2,1H3,(H,35,38)(H,36,37). The summed E-state index contributed by atoms with van der Waals surface area (Å²) in [6, 6.07) is 18.4. The Hall–Kier alpha value is -3.35. The van der Waals surface area contributed by atoms with Gasteiger partial charge in [0.05, 0.1) is 64.7 Å². The minimum absolute atomic E-state index is 0.101. The highest BCUT2D eigenvalue weighted by atomic mass is 16.7. The van der Waals surface area contributed by atoms with Crippen LogP contribution in [-0.4, -0.2) is 90.9 Å². The number of aryl methyl sites for hydroxylation is 2. The first-order chi connectivity index (χ1) is 22.0. The second-order valence-corrected chi connectivity index (χ2v) is 11.0. The average Bonchev–Trinajstić information content (AvgIpc) is 3.86. The molecule has 0 unspecified atom stereocenters. The molecule has 0 atom stereocenters. The van der Waals surface area contributed by atoms with Crippen molar-refractivity contribution in [3.05, 3.63) is 71.3 Å². The largest absolute Gasteiger partial charge is 0.382 e. The Balaban J connectivity index is 1.18. The number of amides is 2. The lowest BCUT2D eigenvalue weighted by Crippen LogP contribution is -2.39. The smallest absolute Gasteiger partial charge is 0.340 e. The normalized spacial score (nSPS) is 13.3. The molecule has 0 aromatic heterocycles. The summed E-state index contributed by atoms with van der Waals surface area (Å²) >= 11 is 0. The maximum atomic E-state index is 12.6. The molecule has 2 aromatic rings. The lowest BCUT2D eigenvalue weighted by Gasteiger charge is -2.15. The van der Waals surface area contributed by atoms with Crippen LogP contribution in [0.4, 0.5) is 0 Å². The number of hydrogen-bond acceptors (Lipinski definition) is 9. The van der Waals surface area contributed by atoms with Crippen LogP contribution in [0, 0.1) is 5.41 Å². The van der Waals surface area contributed by atoms with Gasteiger partial charge in [-0.3, -0.25) is 9.59 Å². The molecule has 3 rings (SSSR count). The average molecular weight is 629 g/mol. The van der Waals surface area contributed by atoms with Gasteiger partial charge in [0.15, 0.2) is 0 Å². The van der Waals surface area contributed by atoms with E-state index < -0.39 is 17.3 Å². The molecule has 45 heavy (non-hydrogen) atoms. The maximum absolute atomic E-state index is 12.6. The van der Waals surface area contributed by atoms with Gasteiger partial charge in [0.1, 0.15) is 6.61 Å². The topological polar surface area (TPSA) is 131 Å². The highest BCUT2D eigenvalue weighted by Gasteiger charge is 2.52. The minimum atomic E-state index is -0.816. The third kappa shape index (κ3) is 15.5. The molecule has 0 spiro atoms. The van der Waals surface area contributed by atoms with Gasteiger partial charge in [-0.05, 0) is 55.2 Å². The summed E-state index contributed by atoms with van der Waals surface area (Å²) in [4.78, 5) is 42.2. The number of carbonyl (C=O) groups excluding carboxylic acids is 3. The van der Waals surface area contributed by atoms with Gasteiger partial charge >= 0.3 is 5.97 Å². The van der Waals surface area contributed by atoms with Crippen LogP contribution in [0.25, 0.3) is 0 Å². The number of ether oxygens (including phenoxy) is 5. The van der Waals surface area contributed by atoms with Crippen molar-refractivity contribution in [3.8, 4) is 0 Å². The van der Waals surface area contributed by atoms with Crippen molar-refractivity contribution in [2.75, 3.05) is 73.1 Å². The van der Waals surface area contributed by atoms with Crippen LogP contribution in [0.3, 0.4) is 0 Å². The molecule has 0 saturated heterocycles. The minimum Gasteiger partial charge on any atom is -0.382 e. The van der Waals surface area contributed by atoms with Crippen molar-refractivity contribution in [1.82, 2.24) is 10.8 Å². The fraction of sp³-hybridized carbons (Fsp3) is 0.559.